The summed E-state index contributed by atoms with van der Waals surface area (Å²) >= 11 is 0. The second-order valence-electron chi connectivity index (χ2n) is 7.84. The van der Waals surface area contributed by atoms with Crippen LogP contribution in [0.4, 0.5) is 10.2 Å². The molecule has 3 aromatic heterocycles. The number of hydrogen-bond acceptors (Lipinski definition) is 6. The summed E-state index contributed by atoms with van der Waals surface area (Å²) in [5.41, 5.74) is 2.69. The number of aryl methyl sites for hydroxylation is 1. The molecule has 33 heavy (non-hydrogen) atoms. The summed E-state index contributed by atoms with van der Waals surface area (Å²) in [4.78, 5) is 25.9. The summed E-state index contributed by atoms with van der Waals surface area (Å²) in [6.07, 6.45) is 5.08. The Labute approximate surface area is 190 Å². The van der Waals surface area contributed by atoms with Gasteiger partial charge < -0.3 is 9.80 Å². The third kappa shape index (κ3) is 4.05. The molecule has 0 unspecified atom stereocenters. The van der Waals surface area contributed by atoms with Crippen LogP contribution in [-0.4, -0.2) is 61.9 Å². The second kappa shape index (κ2) is 8.78. The molecule has 0 spiro atoms. The van der Waals surface area contributed by atoms with E-state index in [1.54, 1.807) is 59.4 Å². The summed E-state index contributed by atoms with van der Waals surface area (Å²) < 4.78 is 15.4. The molecule has 0 atom stereocenters. The first-order valence-corrected chi connectivity index (χ1v) is 10.7. The van der Waals surface area contributed by atoms with E-state index in [4.69, 9.17) is 0 Å². The molecule has 166 valence electrons. The fraction of sp³-hybridized carbons (Fsp3) is 0.208. The Bertz CT molecular complexity index is 1270. The van der Waals surface area contributed by atoms with Crippen LogP contribution in [0.2, 0.25) is 0 Å². The molecule has 8 nitrogen and oxygen atoms in total. The predicted octanol–water partition coefficient (Wildman–Crippen LogP) is 3.13. The van der Waals surface area contributed by atoms with E-state index in [0.717, 1.165) is 11.4 Å². The average molecular weight is 443 g/mol. The predicted molar refractivity (Wildman–Crippen MR) is 122 cm³/mol. The van der Waals surface area contributed by atoms with Crippen molar-refractivity contribution in [2.45, 2.75) is 6.92 Å². The number of benzene rings is 1. The van der Waals surface area contributed by atoms with Crippen LogP contribution >= 0.6 is 0 Å². The third-order valence-electron chi connectivity index (χ3n) is 5.75. The summed E-state index contributed by atoms with van der Waals surface area (Å²) in [7, 11) is 0. The zero-order chi connectivity index (χ0) is 22.8. The van der Waals surface area contributed by atoms with Crippen LogP contribution in [0.25, 0.3) is 16.9 Å². The van der Waals surface area contributed by atoms with Gasteiger partial charge >= 0.3 is 0 Å². The van der Waals surface area contributed by atoms with Gasteiger partial charge in [0, 0.05) is 50.3 Å². The number of aromatic nitrogens is 5. The Balaban J connectivity index is 1.46. The number of anilines is 1. The largest absolute Gasteiger partial charge is 0.353 e. The number of amides is 1. The zero-order valence-electron chi connectivity index (χ0n) is 18.1. The normalized spacial score (nSPS) is 13.9. The zero-order valence-corrected chi connectivity index (χ0v) is 18.1. The highest BCUT2D eigenvalue weighted by Crippen LogP contribution is 2.27. The summed E-state index contributed by atoms with van der Waals surface area (Å²) in [6, 6.07) is 14.1. The standard InChI is InChI=1S/C24H22FN7O/c1-17-16-19(5-6-20(17)25)32-23(18-7-10-26-11-8-18)22(28-29-32)24(33)31-14-12-30(13-15-31)21-4-2-3-9-27-21/h2-11,16H,12-15H2,1H3. The van der Waals surface area contributed by atoms with Gasteiger partial charge in [0.25, 0.3) is 5.91 Å². The summed E-state index contributed by atoms with van der Waals surface area (Å²) in [6.45, 7) is 4.15. The molecule has 0 bridgehead atoms. The average Bonchev–Trinajstić information content (AvgIpc) is 3.32. The molecule has 0 aliphatic carbocycles. The highest BCUT2D eigenvalue weighted by molar-refractivity contribution is 5.98. The molecule has 0 saturated carbocycles. The van der Waals surface area contributed by atoms with E-state index in [9.17, 15) is 9.18 Å². The Morgan fingerprint density at radius 3 is 2.45 bits per heavy atom. The molecule has 1 saturated heterocycles. The quantitative estimate of drug-likeness (QED) is 0.482. The van der Waals surface area contributed by atoms with Crippen molar-refractivity contribution in [3.8, 4) is 16.9 Å². The number of carbonyl (C=O) groups is 1. The lowest BCUT2D eigenvalue weighted by molar-refractivity contribution is 0.0741. The SMILES string of the molecule is Cc1cc(-n2nnc(C(=O)N3CCN(c4ccccn4)CC3)c2-c2ccncc2)ccc1F. The van der Waals surface area contributed by atoms with Crippen molar-refractivity contribution < 1.29 is 9.18 Å². The van der Waals surface area contributed by atoms with E-state index >= 15 is 0 Å². The highest BCUT2D eigenvalue weighted by atomic mass is 19.1. The van der Waals surface area contributed by atoms with Crippen molar-refractivity contribution in [1.82, 2.24) is 29.9 Å². The number of piperazine rings is 1. The number of nitrogens with zero attached hydrogens (tertiary/aromatic N) is 7. The molecule has 4 aromatic rings. The summed E-state index contributed by atoms with van der Waals surface area (Å²) in [5, 5.41) is 8.52. The first-order valence-electron chi connectivity index (χ1n) is 10.7. The molecular weight excluding hydrogens is 421 g/mol. The number of hydrogen-bond donors (Lipinski definition) is 0. The topological polar surface area (TPSA) is 80.0 Å². The molecule has 0 N–H and O–H groups in total. The third-order valence-corrected chi connectivity index (χ3v) is 5.75. The fourth-order valence-corrected chi connectivity index (χ4v) is 3.97. The van der Waals surface area contributed by atoms with Gasteiger partial charge in [0.2, 0.25) is 0 Å². The van der Waals surface area contributed by atoms with Crippen molar-refractivity contribution in [3.05, 3.63) is 84.2 Å². The minimum atomic E-state index is -0.300. The van der Waals surface area contributed by atoms with E-state index in [2.05, 4.69) is 25.2 Å². The van der Waals surface area contributed by atoms with E-state index in [1.165, 1.54) is 6.07 Å². The van der Waals surface area contributed by atoms with Gasteiger partial charge in [-0.15, -0.1) is 5.10 Å². The van der Waals surface area contributed by atoms with Crippen LogP contribution < -0.4 is 4.90 Å². The van der Waals surface area contributed by atoms with E-state index < -0.39 is 0 Å². The Hall–Kier alpha value is -4.14. The monoisotopic (exact) mass is 443 g/mol. The fourth-order valence-electron chi connectivity index (χ4n) is 3.97. The van der Waals surface area contributed by atoms with Gasteiger partial charge in [-0.3, -0.25) is 9.78 Å². The minimum Gasteiger partial charge on any atom is -0.353 e. The van der Waals surface area contributed by atoms with Crippen LogP contribution in [-0.2, 0) is 0 Å². The van der Waals surface area contributed by atoms with Crippen molar-refractivity contribution in [2.75, 3.05) is 31.1 Å². The molecule has 0 radical (unpaired) electrons. The lowest BCUT2D eigenvalue weighted by Gasteiger charge is -2.35. The van der Waals surface area contributed by atoms with Crippen molar-refractivity contribution in [2.24, 2.45) is 0 Å². The van der Waals surface area contributed by atoms with Crippen LogP contribution in [0.1, 0.15) is 16.1 Å². The molecular formula is C24H22FN7O. The van der Waals surface area contributed by atoms with Crippen LogP contribution in [0.5, 0.6) is 0 Å². The van der Waals surface area contributed by atoms with Gasteiger partial charge in [-0.2, -0.15) is 0 Å². The van der Waals surface area contributed by atoms with Gasteiger partial charge in [-0.05, 0) is 55.0 Å². The highest BCUT2D eigenvalue weighted by Gasteiger charge is 2.29. The van der Waals surface area contributed by atoms with Crippen LogP contribution in [0.15, 0.2) is 67.1 Å². The van der Waals surface area contributed by atoms with E-state index in [1.807, 2.05) is 18.2 Å². The molecule has 9 heteroatoms. The molecule has 1 aliphatic rings. The summed E-state index contributed by atoms with van der Waals surface area (Å²) in [5.74, 6) is 0.415. The van der Waals surface area contributed by atoms with Gasteiger partial charge in [0.15, 0.2) is 5.69 Å². The Morgan fingerprint density at radius 1 is 0.970 bits per heavy atom. The molecule has 1 aromatic carbocycles. The molecule has 5 rings (SSSR count). The van der Waals surface area contributed by atoms with Gasteiger partial charge in [-0.1, -0.05) is 11.3 Å². The maximum Gasteiger partial charge on any atom is 0.276 e. The first kappa shape index (κ1) is 20.7. The van der Waals surface area contributed by atoms with Gasteiger partial charge in [0.05, 0.1) is 5.69 Å². The number of pyridine rings is 2. The maximum absolute atomic E-state index is 13.8. The smallest absolute Gasteiger partial charge is 0.276 e. The first-order chi connectivity index (χ1) is 16.1. The van der Waals surface area contributed by atoms with Gasteiger partial charge in [0.1, 0.15) is 17.3 Å². The minimum absolute atomic E-state index is 0.187. The second-order valence-corrected chi connectivity index (χ2v) is 7.84. The van der Waals surface area contributed by atoms with Crippen molar-refractivity contribution in [1.29, 1.82) is 0 Å². The van der Waals surface area contributed by atoms with Crippen LogP contribution in [0.3, 0.4) is 0 Å². The van der Waals surface area contributed by atoms with Crippen LogP contribution in [0, 0.1) is 12.7 Å². The molecule has 1 fully saturated rings. The maximum atomic E-state index is 13.8. The molecule has 4 heterocycles. The lowest BCUT2D eigenvalue weighted by Crippen LogP contribution is -2.49. The van der Waals surface area contributed by atoms with Crippen molar-refractivity contribution in [3.63, 3.8) is 0 Å². The van der Waals surface area contributed by atoms with E-state index in [-0.39, 0.29) is 17.4 Å². The molecule has 1 amide bonds. The number of rotatable bonds is 4. The number of carbonyl (C=O) groups excluding carboxylic acids is 1. The van der Waals surface area contributed by atoms with Gasteiger partial charge in [-0.25, -0.2) is 14.1 Å². The number of halogens is 1. The lowest BCUT2D eigenvalue weighted by atomic mass is 10.1. The Morgan fingerprint density at radius 2 is 1.76 bits per heavy atom. The van der Waals surface area contributed by atoms with E-state index in [0.29, 0.717) is 43.1 Å². The van der Waals surface area contributed by atoms with Crippen molar-refractivity contribution >= 4 is 11.7 Å². The molecule has 1 aliphatic heterocycles. The Kier molecular flexibility index (Phi) is 5.52.